The van der Waals surface area contributed by atoms with Crippen LogP contribution in [0.5, 0.6) is 0 Å². The molecule has 0 aromatic carbocycles. The third kappa shape index (κ3) is 4.93. The molecule has 5 heteroatoms. The Balaban J connectivity index is 0.000000184. The van der Waals surface area contributed by atoms with E-state index in [-0.39, 0.29) is 5.69 Å². The topological polar surface area (TPSA) is 63.1 Å². The zero-order chi connectivity index (χ0) is 13.5. The summed E-state index contributed by atoms with van der Waals surface area (Å²) in [4.78, 5) is 17.8. The summed E-state index contributed by atoms with van der Waals surface area (Å²) in [5.74, 6) is -0.986. The van der Waals surface area contributed by atoms with Gasteiger partial charge in [-0.2, -0.15) is 0 Å². The summed E-state index contributed by atoms with van der Waals surface area (Å²) in [6, 6.07) is 6.90. The summed E-state index contributed by atoms with van der Waals surface area (Å²) in [5, 5.41) is 8.96. The van der Waals surface area contributed by atoms with Gasteiger partial charge in [-0.15, -0.1) is 0 Å². The molecule has 0 atom stereocenters. The molecule has 1 N–H and O–H groups in total. The third-order valence-electron chi connectivity index (χ3n) is 2.01. The molecule has 0 spiro atoms. The molecule has 0 aliphatic rings. The van der Waals surface area contributed by atoms with Gasteiger partial charge < -0.3 is 5.11 Å². The molecule has 2 aromatic heterocycles. The van der Waals surface area contributed by atoms with E-state index in [0.717, 1.165) is 11.1 Å². The number of hydrogen-bond donors (Lipinski definition) is 1. The molecule has 18 heavy (non-hydrogen) atoms. The van der Waals surface area contributed by atoms with Crippen molar-refractivity contribution in [2.45, 2.75) is 13.8 Å². The number of aromatic nitrogens is 2. The first kappa shape index (κ1) is 14.1. The Labute approximate surface area is 110 Å². The second-order valence-corrected chi connectivity index (χ2v) is 4.07. The highest BCUT2D eigenvalue weighted by Crippen LogP contribution is 2.02. The van der Waals surface area contributed by atoms with Gasteiger partial charge in [0.2, 0.25) is 0 Å². The van der Waals surface area contributed by atoms with Crippen molar-refractivity contribution in [3.63, 3.8) is 0 Å². The lowest BCUT2D eigenvalue weighted by Gasteiger charge is -1.91. The highest BCUT2D eigenvalue weighted by molar-refractivity contribution is 6.29. The van der Waals surface area contributed by atoms with E-state index in [1.165, 1.54) is 12.3 Å². The molecule has 0 aliphatic carbocycles. The fraction of sp³-hybridized carbons (Fsp3) is 0.154. The Bertz CT molecular complexity index is 489. The van der Waals surface area contributed by atoms with Crippen molar-refractivity contribution >= 4 is 17.6 Å². The van der Waals surface area contributed by atoms with E-state index in [1.807, 2.05) is 19.9 Å². The standard InChI is InChI=1S/C7H7NO2.C6H6ClN/c1-5-2-3-6(7(9)10)8-4-5;1-5-2-3-6(7)8-4-5/h2-4H,1H3,(H,9,10);2-4H,1H3. The smallest absolute Gasteiger partial charge is 0.354 e. The Kier molecular flexibility index (Phi) is 5.27. The monoisotopic (exact) mass is 264 g/mol. The second kappa shape index (κ2) is 6.71. The predicted octanol–water partition coefficient (Wildman–Crippen LogP) is 3.13. The van der Waals surface area contributed by atoms with Crippen molar-refractivity contribution in [3.8, 4) is 0 Å². The number of halogens is 1. The number of rotatable bonds is 1. The zero-order valence-electron chi connectivity index (χ0n) is 10.1. The number of carboxylic acid groups (broad SMARTS) is 1. The van der Waals surface area contributed by atoms with E-state index in [2.05, 4.69) is 9.97 Å². The van der Waals surface area contributed by atoms with Gasteiger partial charge in [0, 0.05) is 12.4 Å². The Morgan fingerprint density at radius 2 is 1.61 bits per heavy atom. The average molecular weight is 265 g/mol. The van der Waals surface area contributed by atoms with Crippen molar-refractivity contribution in [3.05, 3.63) is 58.6 Å². The van der Waals surface area contributed by atoms with Gasteiger partial charge in [0.05, 0.1) is 0 Å². The minimum atomic E-state index is -0.986. The van der Waals surface area contributed by atoms with Crippen LogP contribution in [-0.2, 0) is 0 Å². The van der Waals surface area contributed by atoms with Crippen LogP contribution in [0.25, 0.3) is 0 Å². The number of aromatic carboxylic acids is 1. The fourth-order valence-electron chi connectivity index (χ4n) is 1.04. The largest absolute Gasteiger partial charge is 0.477 e. The van der Waals surface area contributed by atoms with Gasteiger partial charge in [-0.05, 0) is 37.1 Å². The van der Waals surface area contributed by atoms with Crippen LogP contribution in [-0.4, -0.2) is 21.0 Å². The number of nitrogens with zero attached hydrogens (tertiary/aromatic N) is 2. The minimum Gasteiger partial charge on any atom is -0.477 e. The molecule has 0 aliphatic heterocycles. The molecule has 0 amide bonds. The first-order chi connectivity index (χ1) is 8.49. The van der Waals surface area contributed by atoms with Gasteiger partial charge in [-0.25, -0.2) is 14.8 Å². The van der Waals surface area contributed by atoms with E-state index in [4.69, 9.17) is 16.7 Å². The molecule has 2 heterocycles. The maximum atomic E-state index is 10.2. The Morgan fingerprint density at radius 1 is 1.06 bits per heavy atom. The molecule has 4 nitrogen and oxygen atoms in total. The SMILES string of the molecule is Cc1ccc(C(=O)O)nc1.Cc1ccc(Cl)nc1. The Morgan fingerprint density at radius 3 is 1.94 bits per heavy atom. The highest BCUT2D eigenvalue weighted by Gasteiger charge is 2.00. The molecule has 2 rings (SSSR count). The summed E-state index contributed by atoms with van der Waals surface area (Å²) in [6.45, 7) is 3.84. The van der Waals surface area contributed by atoms with E-state index in [9.17, 15) is 4.79 Å². The van der Waals surface area contributed by atoms with Crippen LogP contribution < -0.4 is 0 Å². The normalized spacial score (nSPS) is 9.28. The molecule has 94 valence electrons. The van der Waals surface area contributed by atoms with Crippen LogP contribution in [0.3, 0.4) is 0 Å². The summed E-state index contributed by atoms with van der Waals surface area (Å²) in [7, 11) is 0. The average Bonchev–Trinajstić information content (AvgIpc) is 2.34. The van der Waals surface area contributed by atoms with Gasteiger partial charge in [-0.1, -0.05) is 23.7 Å². The predicted molar refractivity (Wildman–Crippen MR) is 69.9 cm³/mol. The van der Waals surface area contributed by atoms with E-state index < -0.39 is 5.97 Å². The van der Waals surface area contributed by atoms with Gasteiger partial charge in [0.1, 0.15) is 10.8 Å². The van der Waals surface area contributed by atoms with Crippen molar-refractivity contribution in [1.29, 1.82) is 0 Å². The molecule has 0 radical (unpaired) electrons. The van der Waals surface area contributed by atoms with Gasteiger partial charge in [-0.3, -0.25) is 0 Å². The van der Waals surface area contributed by atoms with Gasteiger partial charge in [0.25, 0.3) is 0 Å². The molecular formula is C13H13ClN2O2. The maximum Gasteiger partial charge on any atom is 0.354 e. The van der Waals surface area contributed by atoms with E-state index in [1.54, 1.807) is 18.3 Å². The molecule has 0 unspecified atom stereocenters. The number of hydrogen-bond acceptors (Lipinski definition) is 3. The summed E-state index contributed by atoms with van der Waals surface area (Å²) in [5.41, 5.74) is 2.19. The second-order valence-electron chi connectivity index (χ2n) is 3.68. The number of carbonyl (C=O) groups is 1. The first-order valence-corrected chi connectivity index (χ1v) is 5.61. The zero-order valence-corrected chi connectivity index (χ0v) is 10.8. The molecule has 0 saturated heterocycles. The lowest BCUT2D eigenvalue weighted by atomic mass is 10.3. The van der Waals surface area contributed by atoms with E-state index >= 15 is 0 Å². The van der Waals surface area contributed by atoms with Gasteiger partial charge in [0.15, 0.2) is 0 Å². The molecular weight excluding hydrogens is 252 g/mol. The summed E-state index contributed by atoms with van der Waals surface area (Å²) in [6.07, 6.45) is 3.27. The number of carboxylic acids is 1. The van der Waals surface area contributed by atoms with Crippen molar-refractivity contribution in [2.75, 3.05) is 0 Å². The van der Waals surface area contributed by atoms with Crippen LogP contribution >= 0.6 is 11.6 Å². The third-order valence-corrected chi connectivity index (χ3v) is 2.23. The van der Waals surface area contributed by atoms with Crippen molar-refractivity contribution in [2.24, 2.45) is 0 Å². The minimum absolute atomic E-state index is 0.0885. The molecule has 0 saturated carbocycles. The van der Waals surface area contributed by atoms with Crippen LogP contribution in [0, 0.1) is 13.8 Å². The van der Waals surface area contributed by atoms with Crippen molar-refractivity contribution < 1.29 is 9.90 Å². The van der Waals surface area contributed by atoms with Crippen LogP contribution in [0.4, 0.5) is 0 Å². The van der Waals surface area contributed by atoms with Crippen LogP contribution in [0.2, 0.25) is 5.15 Å². The lowest BCUT2D eigenvalue weighted by molar-refractivity contribution is 0.0690. The van der Waals surface area contributed by atoms with Gasteiger partial charge >= 0.3 is 5.97 Å². The number of aryl methyl sites for hydroxylation is 2. The fourth-order valence-corrected chi connectivity index (χ4v) is 1.16. The van der Waals surface area contributed by atoms with Crippen LogP contribution in [0.15, 0.2) is 36.7 Å². The van der Waals surface area contributed by atoms with Crippen LogP contribution in [0.1, 0.15) is 21.6 Å². The van der Waals surface area contributed by atoms with Crippen molar-refractivity contribution in [1.82, 2.24) is 9.97 Å². The Hall–Kier alpha value is -1.94. The maximum absolute atomic E-state index is 10.2. The lowest BCUT2D eigenvalue weighted by Crippen LogP contribution is -1.98. The quantitative estimate of drug-likeness (QED) is 0.804. The molecule has 2 aromatic rings. The summed E-state index contributed by atoms with van der Waals surface area (Å²) >= 11 is 5.50. The molecule has 0 fully saturated rings. The molecule has 0 bridgehead atoms. The highest BCUT2D eigenvalue weighted by atomic mass is 35.5. The summed E-state index contributed by atoms with van der Waals surface area (Å²) < 4.78 is 0. The first-order valence-electron chi connectivity index (χ1n) is 5.23. The number of pyridine rings is 2. The van der Waals surface area contributed by atoms with E-state index in [0.29, 0.717) is 5.15 Å².